The molecule has 4 nitrogen and oxygen atoms in total. The molecule has 0 amide bonds. The van der Waals surface area contributed by atoms with Crippen LogP contribution >= 0.6 is 0 Å². The van der Waals surface area contributed by atoms with E-state index in [1.54, 1.807) is 0 Å². The molecule has 2 bridgehead atoms. The summed E-state index contributed by atoms with van der Waals surface area (Å²) in [7, 11) is 0. The Morgan fingerprint density at radius 3 is 2.58 bits per heavy atom. The molecule has 24 heavy (non-hydrogen) atoms. The van der Waals surface area contributed by atoms with Crippen LogP contribution in [0.25, 0.3) is 0 Å². The maximum absolute atomic E-state index is 12.9. The number of benzene rings is 1. The van der Waals surface area contributed by atoms with E-state index in [-0.39, 0.29) is 40.8 Å². The van der Waals surface area contributed by atoms with Gasteiger partial charge in [0.15, 0.2) is 11.5 Å². The van der Waals surface area contributed by atoms with Crippen LogP contribution in [0, 0.1) is 11.3 Å². The highest BCUT2D eigenvalue weighted by Crippen LogP contribution is 2.66. The highest BCUT2D eigenvalue weighted by Gasteiger charge is 2.65. The summed E-state index contributed by atoms with van der Waals surface area (Å²) in [5.41, 5.74) is 1.49. The van der Waals surface area contributed by atoms with Crippen molar-refractivity contribution in [3.63, 3.8) is 0 Å². The molecule has 1 saturated heterocycles. The summed E-state index contributed by atoms with van der Waals surface area (Å²) in [5.74, 6) is -0.141. The predicted molar refractivity (Wildman–Crippen MR) is 90.1 cm³/mol. The Morgan fingerprint density at radius 2 is 1.92 bits per heavy atom. The van der Waals surface area contributed by atoms with Gasteiger partial charge in [-0.1, -0.05) is 34.1 Å². The lowest BCUT2D eigenvalue weighted by atomic mass is 9.47. The number of rotatable bonds is 1. The molecule has 1 unspecified atom stereocenters. The number of hydrogen-bond acceptors (Lipinski definition) is 4. The summed E-state index contributed by atoms with van der Waals surface area (Å²) in [6.07, 6.45) is 3.20. The number of esters is 1. The average Bonchev–Trinajstić information content (AvgIpc) is 2.50. The van der Waals surface area contributed by atoms with Crippen molar-refractivity contribution >= 4 is 5.97 Å². The number of phenolic OH excluding ortho intramolecular Hbond substituents is 2. The number of carbonyl (C=O) groups is 1. The van der Waals surface area contributed by atoms with Crippen molar-refractivity contribution in [2.75, 3.05) is 0 Å². The summed E-state index contributed by atoms with van der Waals surface area (Å²) in [4.78, 5) is 12.9. The van der Waals surface area contributed by atoms with Crippen molar-refractivity contribution in [1.29, 1.82) is 0 Å². The molecule has 2 N–H and O–H groups in total. The van der Waals surface area contributed by atoms with Gasteiger partial charge in [-0.05, 0) is 42.6 Å². The van der Waals surface area contributed by atoms with Gasteiger partial charge in [0.25, 0.3) is 0 Å². The minimum Gasteiger partial charge on any atom is -0.504 e. The Bertz CT molecular complexity index is 734. The lowest BCUT2D eigenvalue weighted by molar-refractivity contribution is -0.185. The Kier molecular flexibility index (Phi) is 3.08. The van der Waals surface area contributed by atoms with Crippen LogP contribution in [0.4, 0.5) is 0 Å². The number of aromatic hydroxyl groups is 2. The van der Waals surface area contributed by atoms with Crippen molar-refractivity contribution in [1.82, 2.24) is 0 Å². The highest BCUT2D eigenvalue weighted by atomic mass is 16.5. The highest BCUT2D eigenvalue weighted by molar-refractivity contribution is 5.89. The fourth-order valence-corrected chi connectivity index (χ4v) is 5.55. The van der Waals surface area contributed by atoms with Gasteiger partial charge in [0.05, 0.1) is 0 Å². The Morgan fingerprint density at radius 1 is 1.21 bits per heavy atom. The van der Waals surface area contributed by atoms with Gasteiger partial charge in [-0.25, -0.2) is 0 Å². The minimum atomic E-state index is -0.803. The third-order valence-corrected chi connectivity index (χ3v) is 6.74. The van der Waals surface area contributed by atoms with E-state index in [1.807, 2.05) is 19.9 Å². The van der Waals surface area contributed by atoms with Crippen molar-refractivity contribution in [2.45, 2.75) is 70.8 Å². The van der Waals surface area contributed by atoms with E-state index in [2.05, 4.69) is 13.8 Å². The standard InChI is InChI=1S/C20H26O4/c1-10(2)11-8-12-13-9-14-19(3,4)6-5-7-20(14,18(23)24-13)15(12)17(22)16(11)21/h8,10,13-14,21-22H,5-7,9H2,1-4H3/t13-,14?,20-/m1/s1. The molecule has 2 heterocycles. The van der Waals surface area contributed by atoms with E-state index in [4.69, 9.17) is 4.74 Å². The summed E-state index contributed by atoms with van der Waals surface area (Å²) < 4.78 is 5.76. The zero-order chi connectivity index (χ0) is 17.4. The molecule has 2 aliphatic heterocycles. The summed E-state index contributed by atoms with van der Waals surface area (Å²) in [6.45, 7) is 8.40. The minimum absolute atomic E-state index is 0.0202. The molecular formula is C20H26O4. The molecule has 0 aromatic heterocycles. The molecular weight excluding hydrogens is 304 g/mol. The molecule has 1 aromatic carbocycles. The van der Waals surface area contributed by atoms with Gasteiger partial charge in [0, 0.05) is 16.7 Å². The maximum atomic E-state index is 12.9. The van der Waals surface area contributed by atoms with Crippen molar-refractivity contribution < 1.29 is 19.7 Å². The van der Waals surface area contributed by atoms with Crippen LogP contribution in [-0.2, 0) is 14.9 Å². The SMILES string of the molecule is CC(C)c1cc2c(c(O)c1O)[C@@]13CCCC(C)(C)C1C[C@H]2OC3=O. The first-order valence-corrected chi connectivity index (χ1v) is 9.00. The second-order valence-corrected chi connectivity index (χ2v) is 8.78. The largest absolute Gasteiger partial charge is 0.504 e. The zero-order valence-corrected chi connectivity index (χ0v) is 14.8. The number of carbonyl (C=O) groups excluding carboxylic acids is 1. The molecule has 3 atom stereocenters. The normalized spacial score (nSPS) is 33.1. The van der Waals surface area contributed by atoms with E-state index in [1.165, 1.54) is 0 Å². The van der Waals surface area contributed by atoms with Crippen LogP contribution in [0.5, 0.6) is 11.5 Å². The van der Waals surface area contributed by atoms with Gasteiger partial charge in [-0.15, -0.1) is 0 Å². The molecule has 1 spiro atoms. The van der Waals surface area contributed by atoms with Crippen LogP contribution in [0.2, 0.25) is 0 Å². The number of phenols is 2. The van der Waals surface area contributed by atoms with Crippen molar-refractivity contribution in [3.05, 3.63) is 22.8 Å². The first-order chi connectivity index (χ1) is 11.2. The quantitative estimate of drug-likeness (QED) is 0.595. The Hall–Kier alpha value is -1.71. The van der Waals surface area contributed by atoms with Crippen LogP contribution < -0.4 is 0 Å². The zero-order valence-electron chi connectivity index (χ0n) is 14.8. The van der Waals surface area contributed by atoms with Gasteiger partial charge in [0.1, 0.15) is 11.5 Å². The molecule has 0 radical (unpaired) electrons. The fraction of sp³-hybridized carbons (Fsp3) is 0.650. The first-order valence-electron chi connectivity index (χ1n) is 9.00. The first kappa shape index (κ1) is 15.8. The maximum Gasteiger partial charge on any atom is 0.317 e. The Labute approximate surface area is 142 Å². The van der Waals surface area contributed by atoms with Crippen LogP contribution in [0.3, 0.4) is 0 Å². The third kappa shape index (κ3) is 1.72. The van der Waals surface area contributed by atoms with Gasteiger partial charge in [-0.3, -0.25) is 4.79 Å². The van der Waals surface area contributed by atoms with E-state index >= 15 is 0 Å². The van der Waals surface area contributed by atoms with E-state index in [9.17, 15) is 15.0 Å². The van der Waals surface area contributed by atoms with Gasteiger partial charge in [-0.2, -0.15) is 0 Å². The van der Waals surface area contributed by atoms with Gasteiger partial charge >= 0.3 is 5.97 Å². The van der Waals surface area contributed by atoms with Gasteiger partial charge in [0.2, 0.25) is 0 Å². The predicted octanol–water partition coefficient (Wildman–Crippen LogP) is 4.29. The van der Waals surface area contributed by atoms with Crippen LogP contribution in [-0.4, -0.2) is 16.2 Å². The van der Waals surface area contributed by atoms with E-state index < -0.39 is 5.41 Å². The molecule has 5 rings (SSSR count). The molecule has 1 saturated carbocycles. The molecule has 4 heteroatoms. The Balaban J connectivity index is 2.02. The van der Waals surface area contributed by atoms with Crippen molar-refractivity contribution in [2.24, 2.45) is 11.3 Å². The van der Waals surface area contributed by atoms with Crippen LogP contribution in [0.1, 0.15) is 82.1 Å². The van der Waals surface area contributed by atoms with Gasteiger partial charge < -0.3 is 14.9 Å². The smallest absolute Gasteiger partial charge is 0.317 e. The summed E-state index contributed by atoms with van der Waals surface area (Å²) in [5, 5.41) is 21.4. The molecule has 2 fully saturated rings. The molecule has 130 valence electrons. The number of ether oxygens (including phenoxy) is 1. The topological polar surface area (TPSA) is 66.8 Å². The summed E-state index contributed by atoms with van der Waals surface area (Å²) in [6, 6.07) is 1.95. The number of fused-ring (bicyclic) bond motifs is 1. The summed E-state index contributed by atoms with van der Waals surface area (Å²) >= 11 is 0. The molecule has 4 aliphatic rings. The molecule has 1 aromatic rings. The second kappa shape index (κ2) is 4.68. The monoisotopic (exact) mass is 330 g/mol. The average molecular weight is 330 g/mol. The van der Waals surface area contributed by atoms with Crippen molar-refractivity contribution in [3.8, 4) is 11.5 Å². The third-order valence-electron chi connectivity index (χ3n) is 6.74. The van der Waals surface area contributed by atoms with Crippen LogP contribution in [0.15, 0.2) is 6.07 Å². The fourth-order valence-electron chi connectivity index (χ4n) is 5.55. The molecule has 2 aliphatic carbocycles. The lowest BCUT2D eigenvalue weighted by Gasteiger charge is -2.58. The van der Waals surface area contributed by atoms with E-state index in [0.717, 1.165) is 30.4 Å². The lowest BCUT2D eigenvalue weighted by Crippen LogP contribution is -2.59. The number of hydrogen-bond donors (Lipinski definition) is 2. The second-order valence-electron chi connectivity index (χ2n) is 8.78. The van der Waals surface area contributed by atoms with E-state index in [0.29, 0.717) is 12.0 Å².